The molecule has 1 saturated heterocycles. The van der Waals surface area contributed by atoms with E-state index in [1.54, 1.807) is 9.80 Å². The lowest BCUT2D eigenvalue weighted by Gasteiger charge is -2.30. The summed E-state index contributed by atoms with van der Waals surface area (Å²) in [4.78, 5) is 28.1. The summed E-state index contributed by atoms with van der Waals surface area (Å²) in [6, 6.07) is 0. The van der Waals surface area contributed by atoms with Crippen molar-refractivity contribution in [2.24, 2.45) is 0 Å². The summed E-state index contributed by atoms with van der Waals surface area (Å²) in [5.41, 5.74) is 0. The highest BCUT2D eigenvalue weighted by Gasteiger charge is 2.27. The molecule has 0 aromatic carbocycles. The van der Waals surface area contributed by atoms with Gasteiger partial charge in [-0.25, -0.2) is 0 Å². The fourth-order valence-electron chi connectivity index (χ4n) is 3.29. The van der Waals surface area contributed by atoms with Crippen LogP contribution in [0.5, 0.6) is 0 Å². The van der Waals surface area contributed by atoms with Gasteiger partial charge in [0.25, 0.3) is 0 Å². The molecule has 0 saturated carbocycles. The lowest BCUT2D eigenvalue weighted by Crippen LogP contribution is -2.45. The Labute approximate surface area is 136 Å². The largest absolute Gasteiger partial charge is 0.333 e. The molecule has 0 atom stereocenters. The van der Waals surface area contributed by atoms with Gasteiger partial charge in [-0.15, -0.1) is 10.2 Å². The maximum absolute atomic E-state index is 12.5. The molecule has 0 spiro atoms. The Kier molecular flexibility index (Phi) is 4.63. The highest BCUT2D eigenvalue weighted by molar-refractivity contribution is 5.85. The molecule has 0 unspecified atom stereocenters. The number of nitrogens with zero attached hydrogens (tertiary/aromatic N) is 5. The molecule has 2 aliphatic rings. The summed E-state index contributed by atoms with van der Waals surface area (Å²) >= 11 is 0. The summed E-state index contributed by atoms with van der Waals surface area (Å²) in [7, 11) is 0. The topological polar surface area (TPSA) is 71.3 Å². The maximum Gasteiger partial charge on any atom is 0.242 e. The molecule has 7 nitrogen and oxygen atoms in total. The lowest BCUT2D eigenvalue weighted by atomic mass is 10.2. The van der Waals surface area contributed by atoms with E-state index in [0.717, 1.165) is 37.5 Å². The first-order valence-electron chi connectivity index (χ1n) is 8.54. The minimum atomic E-state index is 0.0144. The Hall–Kier alpha value is -1.92. The van der Waals surface area contributed by atoms with E-state index in [1.165, 1.54) is 0 Å². The number of carbonyl (C=O) groups is 2. The SMILES string of the molecule is CC(C)c1nnc2n1CCN(C(=O)CN1CCCCCC1=O)C2. The Morgan fingerprint density at radius 2 is 1.96 bits per heavy atom. The quantitative estimate of drug-likeness (QED) is 0.838. The van der Waals surface area contributed by atoms with Crippen LogP contribution in [0.3, 0.4) is 0 Å². The van der Waals surface area contributed by atoms with Crippen LogP contribution in [0.4, 0.5) is 0 Å². The summed E-state index contributed by atoms with van der Waals surface area (Å²) in [6.45, 7) is 6.97. The van der Waals surface area contributed by atoms with Gasteiger partial charge in [-0.2, -0.15) is 0 Å². The summed E-state index contributed by atoms with van der Waals surface area (Å²) in [5, 5.41) is 8.47. The third kappa shape index (κ3) is 3.38. The van der Waals surface area contributed by atoms with Gasteiger partial charge in [0, 0.05) is 32.0 Å². The Morgan fingerprint density at radius 1 is 1.13 bits per heavy atom. The van der Waals surface area contributed by atoms with Gasteiger partial charge < -0.3 is 14.4 Å². The van der Waals surface area contributed by atoms with Crippen molar-refractivity contribution in [1.82, 2.24) is 24.6 Å². The van der Waals surface area contributed by atoms with E-state index in [1.807, 2.05) is 0 Å². The van der Waals surface area contributed by atoms with Crippen LogP contribution in [0.25, 0.3) is 0 Å². The van der Waals surface area contributed by atoms with Crippen molar-refractivity contribution in [2.75, 3.05) is 19.6 Å². The number of aromatic nitrogens is 3. The normalized spacial score (nSPS) is 19.0. The van der Waals surface area contributed by atoms with E-state index < -0.39 is 0 Å². The summed E-state index contributed by atoms with van der Waals surface area (Å²) < 4.78 is 2.12. The standard InChI is InChI=1S/C16H25N5O2/c1-12(2)16-18-17-13-10-20(8-9-21(13)16)15(23)11-19-7-5-3-4-6-14(19)22/h12H,3-11H2,1-2H3. The van der Waals surface area contributed by atoms with Crippen molar-refractivity contribution >= 4 is 11.8 Å². The van der Waals surface area contributed by atoms with E-state index in [-0.39, 0.29) is 18.4 Å². The van der Waals surface area contributed by atoms with E-state index in [2.05, 4.69) is 28.6 Å². The molecule has 3 heterocycles. The fourth-order valence-corrected chi connectivity index (χ4v) is 3.29. The molecule has 7 heteroatoms. The van der Waals surface area contributed by atoms with Crippen LogP contribution in [0.1, 0.15) is 57.1 Å². The van der Waals surface area contributed by atoms with Crippen LogP contribution in [0.2, 0.25) is 0 Å². The van der Waals surface area contributed by atoms with Gasteiger partial charge in [-0.1, -0.05) is 20.3 Å². The summed E-state index contributed by atoms with van der Waals surface area (Å²) in [5.74, 6) is 2.28. The Balaban J connectivity index is 1.63. The van der Waals surface area contributed by atoms with Crippen molar-refractivity contribution < 1.29 is 9.59 Å². The molecular weight excluding hydrogens is 294 g/mol. The van der Waals surface area contributed by atoms with E-state index in [0.29, 0.717) is 32.0 Å². The van der Waals surface area contributed by atoms with E-state index >= 15 is 0 Å². The zero-order valence-corrected chi connectivity index (χ0v) is 14.0. The van der Waals surface area contributed by atoms with Crippen LogP contribution in [0, 0.1) is 0 Å². The van der Waals surface area contributed by atoms with Gasteiger partial charge in [0.15, 0.2) is 5.82 Å². The molecule has 3 rings (SSSR count). The first kappa shape index (κ1) is 16.0. The van der Waals surface area contributed by atoms with Gasteiger partial charge >= 0.3 is 0 Å². The average molecular weight is 319 g/mol. The molecule has 2 amide bonds. The number of rotatable bonds is 3. The number of carbonyl (C=O) groups excluding carboxylic acids is 2. The molecular formula is C16H25N5O2. The minimum Gasteiger partial charge on any atom is -0.333 e. The molecule has 2 aliphatic heterocycles. The maximum atomic E-state index is 12.5. The molecule has 0 N–H and O–H groups in total. The van der Waals surface area contributed by atoms with Crippen LogP contribution < -0.4 is 0 Å². The van der Waals surface area contributed by atoms with Crippen molar-refractivity contribution in [3.05, 3.63) is 11.6 Å². The molecule has 0 bridgehead atoms. The highest BCUT2D eigenvalue weighted by Crippen LogP contribution is 2.19. The number of amides is 2. The Bertz CT molecular complexity index is 595. The fraction of sp³-hybridized carbons (Fsp3) is 0.750. The van der Waals surface area contributed by atoms with Crippen molar-refractivity contribution in [2.45, 2.75) is 58.5 Å². The lowest BCUT2D eigenvalue weighted by molar-refractivity contribution is -0.141. The van der Waals surface area contributed by atoms with Crippen molar-refractivity contribution in [1.29, 1.82) is 0 Å². The van der Waals surface area contributed by atoms with Gasteiger partial charge in [0.2, 0.25) is 11.8 Å². The molecule has 1 fully saturated rings. The van der Waals surface area contributed by atoms with Crippen LogP contribution in [-0.4, -0.2) is 56.0 Å². The highest BCUT2D eigenvalue weighted by atomic mass is 16.2. The molecule has 126 valence electrons. The molecule has 23 heavy (non-hydrogen) atoms. The van der Waals surface area contributed by atoms with Crippen molar-refractivity contribution in [3.63, 3.8) is 0 Å². The number of likely N-dealkylation sites (tertiary alicyclic amines) is 1. The molecule has 1 aromatic rings. The minimum absolute atomic E-state index is 0.0144. The third-order valence-corrected chi connectivity index (χ3v) is 4.65. The third-order valence-electron chi connectivity index (χ3n) is 4.65. The zero-order valence-electron chi connectivity index (χ0n) is 14.0. The number of hydrogen-bond donors (Lipinski definition) is 0. The average Bonchev–Trinajstić information content (AvgIpc) is 2.86. The molecule has 1 aromatic heterocycles. The van der Waals surface area contributed by atoms with Gasteiger partial charge in [-0.3, -0.25) is 9.59 Å². The van der Waals surface area contributed by atoms with Gasteiger partial charge in [-0.05, 0) is 12.8 Å². The van der Waals surface area contributed by atoms with Crippen LogP contribution in [0.15, 0.2) is 0 Å². The number of hydrogen-bond acceptors (Lipinski definition) is 4. The number of fused-ring (bicyclic) bond motifs is 1. The molecule has 0 radical (unpaired) electrons. The predicted molar refractivity (Wildman–Crippen MR) is 84.6 cm³/mol. The monoisotopic (exact) mass is 319 g/mol. The van der Waals surface area contributed by atoms with Gasteiger partial charge in [0.1, 0.15) is 5.82 Å². The smallest absolute Gasteiger partial charge is 0.242 e. The van der Waals surface area contributed by atoms with Crippen LogP contribution >= 0.6 is 0 Å². The van der Waals surface area contributed by atoms with Crippen molar-refractivity contribution in [3.8, 4) is 0 Å². The van der Waals surface area contributed by atoms with E-state index in [4.69, 9.17) is 0 Å². The molecule has 0 aliphatic carbocycles. The summed E-state index contributed by atoms with van der Waals surface area (Å²) in [6.07, 6.45) is 3.57. The second kappa shape index (κ2) is 6.68. The second-order valence-corrected chi connectivity index (χ2v) is 6.72. The first-order valence-corrected chi connectivity index (χ1v) is 8.54. The Morgan fingerprint density at radius 3 is 2.74 bits per heavy atom. The first-order chi connectivity index (χ1) is 11.1. The second-order valence-electron chi connectivity index (χ2n) is 6.72. The zero-order chi connectivity index (χ0) is 16.4. The van der Waals surface area contributed by atoms with Crippen LogP contribution in [-0.2, 0) is 22.7 Å². The van der Waals surface area contributed by atoms with E-state index in [9.17, 15) is 9.59 Å². The predicted octanol–water partition coefficient (Wildman–Crippen LogP) is 1.15. The van der Waals surface area contributed by atoms with Gasteiger partial charge in [0.05, 0.1) is 13.1 Å².